The number of cyclic esters (lactones) is 1. The van der Waals surface area contributed by atoms with Crippen molar-refractivity contribution < 1.29 is 19.7 Å². The van der Waals surface area contributed by atoms with E-state index in [1.807, 2.05) is 6.08 Å². The standard InChI is InChI=1S/C25H38O4/c1-17-6-11-22-24(2,3)12-5-13-25(22,4)20(17)9-7-18(15-26)8-10-21-19(16-27)14-23(28)29-21/h8,14,21-22,26-27H,5-7,9-13,15-16H2,1-4H3. The van der Waals surface area contributed by atoms with Crippen molar-refractivity contribution in [3.05, 3.63) is 34.4 Å². The lowest BCUT2D eigenvalue weighted by molar-refractivity contribution is -0.138. The normalized spacial score (nSPS) is 32.1. The maximum atomic E-state index is 11.4. The Balaban J connectivity index is 1.69. The summed E-state index contributed by atoms with van der Waals surface area (Å²) in [6.45, 7) is 9.53. The quantitative estimate of drug-likeness (QED) is 0.471. The van der Waals surface area contributed by atoms with Crippen LogP contribution in [0, 0.1) is 16.7 Å². The van der Waals surface area contributed by atoms with Gasteiger partial charge in [-0.25, -0.2) is 4.79 Å². The fourth-order valence-corrected chi connectivity index (χ4v) is 6.34. The molecular weight excluding hydrogens is 364 g/mol. The molecule has 3 unspecified atom stereocenters. The molecule has 0 aromatic heterocycles. The number of carbonyl (C=O) groups is 1. The molecule has 2 N–H and O–H groups in total. The molecule has 0 aromatic rings. The van der Waals surface area contributed by atoms with Crippen molar-refractivity contribution in [3.8, 4) is 0 Å². The van der Waals surface area contributed by atoms with Crippen LogP contribution in [0.4, 0.5) is 0 Å². The first-order chi connectivity index (χ1) is 13.7. The van der Waals surface area contributed by atoms with Crippen LogP contribution in [0.5, 0.6) is 0 Å². The molecule has 29 heavy (non-hydrogen) atoms. The van der Waals surface area contributed by atoms with Crippen LogP contribution in [0.1, 0.15) is 79.1 Å². The summed E-state index contributed by atoms with van der Waals surface area (Å²) in [6, 6.07) is 0. The van der Waals surface area contributed by atoms with Gasteiger partial charge in [-0.05, 0) is 67.8 Å². The van der Waals surface area contributed by atoms with Gasteiger partial charge in [-0.1, -0.05) is 44.4 Å². The van der Waals surface area contributed by atoms with Crippen molar-refractivity contribution in [2.45, 2.75) is 85.2 Å². The van der Waals surface area contributed by atoms with Gasteiger partial charge in [0.25, 0.3) is 0 Å². The third-order valence-corrected chi connectivity index (χ3v) is 7.92. The lowest BCUT2D eigenvalue weighted by atomic mass is 9.50. The molecule has 1 fully saturated rings. The molecule has 4 heteroatoms. The number of aliphatic hydroxyl groups is 2. The van der Waals surface area contributed by atoms with E-state index in [9.17, 15) is 15.0 Å². The van der Waals surface area contributed by atoms with E-state index in [0.29, 0.717) is 17.4 Å². The molecule has 0 amide bonds. The van der Waals surface area contributed by atoms with E-state index in [2.05, 4.69) is 27.7 Å². The molecule has 1 heterocycles. The zero-order valence-electron chi connectivity index (χ0n) is 18.6. The molecular formula is C25H38O4. The number of rotatable bonds is 7. The zero-order chi connectivity index (χ0) is 21.2. The first-order valence-corrected chi connectivity index (χ1v) is 11.2. The third kappa shape index (κ3) is 4.54. The first kappa shape index (κ1) is 22.3. The molecule has 0 spiro atoms. The predicted octanol–water partition coefficient (Wildman–Crippen LogP) is 4.86. The second kappa shape index (κ2) is 8.77. The van der Waals surface area contributed by atoms with E-state index in [1.165, 1.54) is 38.2 Å². The van der Waals surface area contributed by atoms with E-state index in [0.717, 1.165) is 24.3 Å². The molecule has 0 radical (unpaired) electrons. The van der Waals surface area contributed by atoms with Crippen LogP contribution in [-0.4, -0.2) is 35.5 Å². The molecule has 1 saturated carbocycles. The van der Waals surface area contributed by atoms with Crippen LogP contribution in [0.15, 0.2) is 34.4 Å². The summed E-state index contributed by atoms with van der Waals surface area (Å²) in [4.78, 5) is 11.4. The topological polar surface area (TPSA) is 66.8 Å². The molecule has 0 saturated heterocycles. The van der Waals surface area contributed by atoms with Crippen LogP contribution >= 0.6 is 0 Å². The monoisotopic (exact) mass is 402 g/mol. The minimum absolute atomic E-state index is 0.0246. The highest BCUT2D eigenvalue weighted by atomic mass is 16.5. The lowest BCUT2D eigenvalue weighted by Crippen LogP contribution is -2.45. The van der Waals surface area contributed by atoms with Gasteiger partial charge in [-0.2, -0.15) is 0 Å². The Kier molecular flexibility index (Phi) is 6.74. The highest BCUT2D eigenvalue weighted by Gasteiger charge is 2.49. The number of fused-ring (bicyclic) bond motifs is 1. The van der Waals surface area contributed by atoms with Crippen molar-refractivity contribution in [2.75, 3.05) is 13.2 Å². The fourth-order valence-electron chi connectivity index (χ4n) is 6.34. The smallest absolute Gasteiger partial charge is 0.331 e. The van der Waals surface area contributed by atoms with Gasteiger partial charge in [0.1, 0.15) is 6.10 Å². The molecule has 1 aliphatic heterocycles. The summed E-state index contributed by atoms with van der Waals surface area (Å²) >= 11 is 0. The van der Waals surface area contributed by atoms with Crippen molar-refractivity contribution in [1.29, 1.82) is 0 Å². The van der Waals surface area contributed by atoms with E-state index in [4.69, 9.17) is 4.74 Å². The Labute approximate surface area is 175 Å². The number of ether oxygens (including phenoxy) is 1. The molecule has 4 nitrogen and oxygen atoms in total. The minimum atomic E-state index is -0.397. The number of carbonyl (C=O) groups excluding carboxylic acids is 1. The molecule has 3 aliphatic rings. The predicted molar refractivity (Wildman–Crippen MR) is 115 cm³/mol. The van der Waals surface area contributed by atoms with Gasteiger partial charge in [-0.15, -0.1) is 0 Å². The number of esters is 1. The van der Waals surface area contributed by atoms with E-state index >= 15 is 0 Å². The van der Waals surface area contributed by atoms with Crippen LogP contribution < -0.4 is 0 Å². The van der Waals surface area contributed by atoms with Crippen molar-refractivity contribution in [3.63, 3.8) is 0 Å². The average molecular weight is 403 g/mol. The molecule has 0 aromatic carbocycles. The Morgan fingerprint density at radius 3 is 2.72 bits per heavy atom. The summed E-state index contributed by atoms with van der Waals surface area (Å²) in [6.07, 6.45) is 11.7. The SMILES string of the molecule is CC1=C(CCC(=CCC2OC(=O)C=C2CO)CO)C2(C)CCCC(C)(C)C2CC1. The van der Waals surface area contributed by atoms with Crippen LogP contribution in [0.25, 0.3) is 0 Å². The Hall–Kier alpha value is -1.39. The second-order valence-corrected chi connectivity index (χ2v) is 10.2. The minimum Gasteiger partial charge on any atom is -0.454 e. The highest BCUT2D eigenvalue weighted by molar-refractivity contribution is 5.85. The summed E-state index contributed by atoms with van der Waals surface area (Å²) in [5, 5.41) is 19.3. The number of hydrogen-bond donors (Lipinski definition) is 2. The Morgan fingerprint density at radius 1 is 1.28 bits per heavy atom. The second-order valence-electron chi connectivity index (χ2n) is 10.2. The Morgan fingerprint density at radius 2 is 2.03 bits per heavy atom. The maximum Gasteiger partial charge on any atom is 0.331 e. The summed E-state index contributed by atoms with van der Waals surface area (Å²) < 4.78 is 5.25. The number of hydrogen-bond acceptors (Lipinski definition) is 4. The van der Waals surface area contributed by atoms with Gasteiger partial charge in [0.2, 0.25) is 0 Å². The van der Waals surface area contributed by atoms with Crippen LogP contribution in [0.2, 0.25) is 0 Å². The largest absolute Gasteiger partial charge is 0.454 e. The van der Waals surface area contributed by atoms with E-state index in [-0.39, 0.29) is 24.6 Å². The lowest BCUT2D eigenvalue weighted by Gasteiger charge is -2.55. The molecule has 162 valence electrons. The summed E-state index contributed by atoms with van der Waals surface area (Å²) in [7, 11) is 0. The molecule has 0 bridgehead atoms. The highest BCUT2D eigenvalue weighted by Crippen LogP contribution is 2.60. The number of allylic oxidation sites excluding steroid dienone is 2. The molecule has 2 aliphatic carbocycles. The first-order valence-electron chi connectivity index (χ1n) is 11.2. The summed E-state index contributed by atoms with van der Waals surface area (Å²) in [5.74, 6) is 0.346. The summed E-state index contributed by atoms with van der Waals surface area (Å²) in [5.41, 5.74) is 5.45. The zero-order valence-corrected chi connectivity index (χ0v) is 18.6. The molecule has 3 rings (SSSR count). The van der Waals surface area contributed by atoms with Crippen LogP contribution in [0.3, 0.4) is 0 Å². The van der Waals surface area contributed by atoms with Gasteiger partial charge in [0.15, 0.2) is 0 Å². The fraction of sp³-hybridized carbons (Fsp3) is 0.720. The third-order valence-electron chi connectivity index (χ3n) is 7.92. The van der Waals surface area contributed by atoms with Gasteiger partial charge in [0.05, 0.1) is 13.2 Å². The maximum absolute atomic E-state index is 11.4. The average Bonchev–Trinajstić information content (AvgIpc) is 3.02. The van der Waals surface area contributed by atoms with Gasteiger partial charge in [0, 0.05) is 18.1 Å². The van der Waals surface area contributed by atoms with Crippen LogP contribution in [-0.2, 0) is 9.53 Å². The van der Waals surface area contributed by atoms with Gasteiger partial charge >= 0.3 is 5.97 Å². The van der Waals surface area contributed by atoms with E-state index < -0.39 is 6.10 Å². The number of aliphatic hydroxyl groups excluding tert-OH is 2. The van der Waals surface area contributed by atoms with Gasteiger partial charge in [-0.3, -0.25) is 0 Å². The van der Waals surface area contributed by atoms with Crippen molar-refractivity contribution in [2.24, 2.45) is 16.7 Å². The molecule has 3 atom stereocenters. The van der Waals surface area contributed by atoms with E-state index in [1.54, 1.807) is 11.1 Å². The Bertz CT molecular complexity index is 727. The van der Waals surface area contributed by atoms with Gasteiger partial charge < -0.3 is 14.9 Å². The van der Waals surface area contributed by atoms with Crippen molar-refractivity contribution >= 4 is 5.97 Å². The van der Waals surface area contributed by atoms with Crippen molar-refractivity contribution in [1.82, 2.24) is 0 Å².